The van der Waals surface area contributed by atoms with Gasteiger partial charge in [-0.15, -0.1) is 0 Å². The van der Waals surface area contributed by atoms with E-state index >= 15 is 0 Å². The lowest BCUT2D eigenvalue weighted by Gasteiger charge is -2.42. The van der Waals surface area contributed by atoms with Gasteiger partial charge in [0.2, 0.25) is 0 Å². The van der Waals surface area contributed by atoms with Crippen molar-refractivity contribution in [2.75, 3.05) is 26.2 Å². The molecule has 2 N–H and O–H groups in total. The minimum absolute atomic E-state index is 0.00172. The van der Waals surface area contributed by atoms with E-state index in [1.165, 1.54) is 11.0 Å². The van der Waals surface area contributed by atoms with Crippen LogP contribution >= 0.6 is 11.6 Å². The lowest BCUT2D eigenvalue weighted by Crippen LogP contribution is -2.53. The number of H-pyrrole nitrogens is 1. The average Bonchev–Trinajstić information content (AvgIpc) is 3.50. The number of nitrogens with zero attached hydrogens (tertiary/aromatic N) is 3. The van der Waals surface area contributed by atoms with E-state index < -0.39 is 17.4 Å². The third kappa shape index (κ3) is 3.34. The number of nitrogens with one attached hydrogen (secondary N) is 1. The van der Waals surface area contributed by atoms with Crippen molar-refractivity contribution in [1.29, 1.82) is 0 Å². The quantitative estimate of drug-likeness (QED) is 0.524. The molecule has 3 aromatic rings. The minimum Gasteiger partial charge on any atom is -0.508 e. The van der Waals surface area contributed by atoms with E-state index in [9.17, 15) is 19.1 Å². The molecule has 2 aromatic carbocycles. The number of likely N-dealkylation sites (tertiary alicyclic amines) is 1. The monoisotopic (exact) mass is 496 g/mol. The predicted octanol–water partition coefficient (Wildman–Crippen LogP) is 4.43. The Labute approximate surface area is 207 Å². The summed E-state index contributed by atoms with van der Waals surface area (Å²) in [6.07, 6.45) is 2.55. The number of phenols is 1. The molecule has 35 heavy (non-hydrogen) atoms. The zero-order valence-corrected chi connectivity index (χ0v) is 20.1. The number of aromatic nitrogens is 1. The number of phenolic OH excluding ortho intramolecular Hbond substituents is 1. The summed E-state index contributed by atoms with van der Waals surface area (Å²) in [4.78, 5) is 36.2. The molecular formula is C26H26ClFN4O3. The van der Waals surface area contributed by atoms with Crippen LogP contribution in [0.5, 0.6) is 5.75 Å². The Kier molecular flexibility index (Phi) is 5.09. The molecule has 7 nitrogen and oxygen atoms in total. The molecule has 9 heteroatoms. The molecule has 0 aliphatic carbocycles. The number of imide groups is 1. The topological polar surface area (TPSA) is 79.9 Å². The first-order valence-electron chi connectivity index (χ1n) is 11.9. The predicted molar refractivity (Wildman–Crippen MR) is 130 cm³/mol. The van der Waals surface area contributed by atoms with Crippen LogP contribution in [-0.2, 0) is 11.2 Å². The largest absolute Gasteiger partial charge is 0.508 e. The fourth-order valence-corrected chi connectivity index (χ4v) is 6.16. The molecule has 2 atom stereocenters. The molecule has 6 rings (SSSR count). The number of hydrogen-bond acceptors (Lipinski definition) is 4. The van der Waals surface area contributed by atoms with Crippen molar-refractivity contribution in [2.45, 2.75) is 37.8 Å². The Bertz CT molecular complexity index is 1370. The van der Waals surface area contributed by atoms with Crippen LogP contribution in [0.15, 0.2) is 36.4 Å². The summed E-state index contributed by atoms with van der Waals surface area (Å²) in [6.45, 7) is 4.75. The third-order valence-electron chi connectivity index (χ3n) is 7.73. The number of fused-ring (bicyclic) bond motifs is 4. The number of urea groups is 1. The molecule has 1 aromatic heterocycles. The van der Waals surface area contributed by atoms with Gasteiger partial charge in [0.1, 0.15) is 23.1 Å². The minimum atomic E-state index is -1.12. The van der Waals surface area contributed by atoms with Crippen molar-refractivity contribution < 1.29 is 19.1 Å². The number of hydrogen-bond donors (Lipinski definition) is 2. The molecule has 2 saturated heterocycles. The van der Waals surface area contributed by atoms with Gasteiger partial charge in [-0.1, -0.05) is 23.7 Å². The lowest BCUT2D eigenvalue weighted by molar-refractivity contribution is -0.133. The van der Waals surface area contributed by atoms with Crippen molar-refractivity contribution in [3.05, 3.63) is 64.1 Å². The van der Waals surface area contributed by atoms with Crippen LogP contribution in [0.2, 0.25) is 5.02 Å². The molecule has 3 amide bonds. The van der Waals surface area contributed by atoms with Crippen LogP contribution in [0, 0.1) is 5.82 Å². The van der Waals surface area contributed by atoms with E-state index in [0.29, 0.717) is 29.9 Å². The Balaban J connectivity index is 1.49. The number of halogens is 2. The van der Waals surface area contributed by atoms with Crippen molar-refractivity contribution in [1.82, 2.24) is 19.7 Å². The summed E-state index contributed by atoms with van der Waals surface area (Å²) in [7, 11) is 0. The lowest BCUT2D eigenvalue weighted by atomic mass is 9.81. The molecule has 4 heterocycles. The first kappa shape index (κ1) is 22.4. The van der Waals surface area contributed by atoms with Gasteiger partial charge in [0.15, 0.2) is 0 Å². The number of carbonyl (C=O) groups is 2. The van der Waals surface area contributed by atoms with Gasteiger partial charge in [-0.3, -0.25) is 14.6 Å². The van der Waals surface area contributed by atoms with Gasteiger partial charge < -0.3 is 15.0 Å². The highest BCUT2D eigenvalue weighted by molar-refractivity contribution is 6.31. The van der Waals surface area contributed by atoms with E-state index in [4.69, 9.17) is 11.6 Å². The van der Waals surface area contributed by atoms with Crippen molar-refractivity contribution in [2.24, 2.45) is 0 Å². The number of carbonyl (C=O) groups excluding carboxylic acids is 2. The van der Waals surface area contributed by atoms with Gasteiger partial charge >= 0.3 is 6.03 Å². The standard InChI is InChI=1S/C26H26ClFN4O3/c1-26-14-18-17-12-19(27)20(28)13-21(17)29-22(18)23(15-5-4-6-16(33)11-15)32(26)25(35)31(24(26)34)10-9-30-7-2-3-8-30/h4-6,11-13,23,29,33H,2-3,7-10,14H2,1H3/t23-,26+/m1/s1. The third-order valence-corrected chi connectivity index (χ3v) is 8.02. The molecule has 0 bridgehead atoms. The Morgan fingerprint density at radius 3 is 2.69 bits per heavy atom. The normalized spacial score (nSPS) is 24.5. The van der Waals surface area contributed by atoms with Crippen molar-refractivity contribution in [3.63, 3.8) is 0 Å². The smallest absolute Gasteiger partial charge is 0.328 e. The number of rotatable bonds is 4. The van der Waals surface area contributed by atoms with Gasteiger partial charge in [-0.25, -0.2) is 9.18 Å². The van der Waals surface area contributed by atoms with Crippen molar-refractivity contribution >= 4 is 34.4 Å². The van der Waals surface area contributed by atoms with Crippen LogP contribution in [0.4, 0.5) is 9.18 Å². The van der Waals surface area contributed by atoms with Gasteiger partial charge in [-0.2, -0.15) is 0 Å². The average molecular weight is 497 g/mol. The second-order valence-electron chi connectivity index (χ2n) is 9.94. The molecule has 182 valence electrons. The van der Waals surface area contributed by atoms with E-state index in [1.54, 1.807) is 36.1 Å². The number of benzene rings is 2. The maximum Gasteiger partial charge on any atom is 0.328 e. The summed E-state index contributed by atoms with van der Waals surface area (Å²) >= 11 is 6.12. The SMILES string of the molecule is C[C@@]12Cc3c([nH]c4cc(F)c(Cl)cc34)[C@@H](c3cccc(O)c3)N1C(=O)N(CCN1CCCC1)C2=O. The highest BCUT2D eigenvalue weighted by atomic mass is 35.5. The second kappa shape index (κ2) is 7.96. The molecule has 0 radical (unpaired) electrons. The molecular weight excluding hydrogens is 471 g/mol. The highest BCUT2D eigenvalue weighted by Crippen LogP contribution is 2.49. The summed E-state index contributed by atoms with van der Waals surface area (Å²) in [6, 6.07) is 8.61. The number of aromatic amines is 1. The summed E-state index contributed by atoms with van der Waals surface area (Å²) < 4.78 is 14.3. The van der Waals surface area contributed by atoms with Crippen LogP contribution in [-0.4, -0.2) is 68.4 Å². The van der Waals surface area contributed by atoms with Crippen LogP contribution in [0.25, 0.3) is 10.9 Å². The Morgan fingerprint density at radius 2 is 1.94 bits per heavy atom. The van der Waals surface area contributed by atoms with Crippen LogP contribution < -0.4 is 0 Å². The number of aromatic hydroxyl groups is 1. The van der Waals surface area contributed by atoms with E-state index in [1.807, 2.05) is 6.07 Å². The molecule has 0 spiro atoms. The van der Waals surface area contributed by atoms with Gasteiger partial charge in [0, 0.05) is 36.1 Å². The molecule has 3 aliphatic rings. The van der Waals surface area contributed by atoms with Crippen LogP contribution in [0.3, 0.4) is 0 Å². The van der Waals surface area contributed by atoms with Crippen molar-refractivity contribution in [3.8, 4) is 5.75 Å². The number of amides is 3. The fraction of sp³-hybridized carbons (Fsp3) is 0.385. The Morgan fingerprint density at radius 1 is 1.17 bits per heavy atom. The first-order valence-corrected chi connectivity index (χ1v) is 12.3. The summed E-state index contributed by atoms with van der Waals surface area (Å²) in [5, 5.41) is 11.0. The molecule has 3 aliphatic heterocycles. The zero-order chi connectivity index (χ0) is 24.5. The van der Waals surface area contributed by atoms with Gasteiger partial charge in [0.25, 0.3) is 5.91 Å². The Hall–Kier alpha value is -3.10. The first-order chi connectivity index (χ1) is 16.8. The maximum atomic E-state index is 14.3. The van der Waals surface area contributed by atoms with E-state index in [2.05, 4.69) is 9.88 Å². The van der Waals surface area contributed by atoms with E-state index in [0.717, 1.165) is 36.9 Å². The highest BCUT2D eigenvalue weighted by Gasteiger charge is 2.60. The summed E-state index contributed by atoms with van der Waals surface area (Å²) in [5.74, 6) is -0.718. The van der Waals surface area contributed by atoms with Crippen LogP contribution in [0.1, 0.15) is 42.6 Å². The zero-order valence-electron chi connectivity index (χ0n) is 19.4. The van der Waals surface area contributed by atoms with E-state index in [-0.39, 0.29) is 29.1 Å². The molecule has 2 fully saturated rings. The maximum absolute atomic E-state index is 14.3. The molecule has 0 unspecified atom stereocenters. The van der Waals surface area contributed by atoms with Gasteiger partial charge in [-0.05, 0) is 68.2 Å². The fourth-order valence-electron chi connectivity index (χ4n) is 6.00. The summed E-state index contributed by atoms with van der Waals surface area (Å²) in [5.41, 5.74) is 1.63. The van der Waals surface area contributed by atoms with Gasteiger partial charge in [0.05, 0.1) is 5.02 Å². The second-order valence-corrected chi connectivity index (χ2v) is 10.3. The molecule has 0 saturated carbocycles.